The van der Waals surface area contributed by atoms with Gasteiger partial charge in [-0.2, -0.15) is 10.2 Å². The number of nitrogens with zero attached hydrogens (tertiary/aromatic N) is 4. The lowest BCUT2D eigenvalue weighted by atomic mass is 10.2. The van der Waals surface area contributed by atoms with E-state index < -0.39 is 0 Å². The summed E-state index contributed by atoms with van der Waals surface area (Å²) in [5.41, 5.74) is 2.35. The van der Waals surface area contributed by atoms with E-state index in [9.17, 15) is 0 Å². The van der Waals surface area contributed by atoms with Crippen LogP contribution in [-0.2, 0) is 0 Å². The van der Waals surface area contributed by atoms with Gasteiger partial charge in [-0.3, -0.25) is 0 Å². The molecule has 0 saturated carbocycles. The van der Waals surface area contributed by atoms with Crippen LogP contribution < -0.4 is 5.32 Å². The number of anilines is 2. The second-order valence-electron chi connectivity index (χ2n) is 5.33. The van der Waals surface area contributed by atoms with Gasteiger partial charge in [0, 0.05) is 26.7 Å². The van der Waals surface area contributed by atoms with Gasteiger partial charge < -0.3 is 5.32 Å². The molecule has 5 nitrogen and oxygen atoms in total. The van der Waals surface area contributed by atoms with Gasteiger partial charge >= 0.3 is 0 Å². The number of rotatable bonds is 3. The fourth-order valence-corrected chi connectivity index (χ4v) is 3.01. The number of hydrogen-bond acceptors (Lipinski definition) is 5. The van der Waals surface area contributed by atoms with Gasteiger partial charge in [-0.25, -0.2) is 9.97 Å². The first-order valence-corrected chi connectivity index (χ1v) is 8.21. The van der Waals surface area contributed by atoms with Crippen LogP contribution in [0, 0.1) is 0 Å². The fourth-order valence-electron chi connectivity index (χ4n) is 2.49. The lowest BCUT2D eigenvalue weighted by molar-refractivity contribution is 1.03. The van der Waals surface area contributed by atoms with Crippen molar-refractivity contribution in [2.45, 2.75) is 0 Å². The van der Waals surface area contributed by atoms with Gasteiger partial charge in [0.1, 0.15) is 5.82 Å². The van der Waals surface area contributed by atoms with Crippen molar-refractivity contribution in [3.05, 3.63) is 71.0 Å². The third kappa shape index (κ3) is 3.38. The Labute approximate surface area is 153 Å². The third-order valence-electron chi connectivity index (χ3n) is 3.57. The molecule has 122 valence electrons. The summed E-state index contributed by atoms with van der Waals surface area (Å²) in [6.07, 6.45) is 3.24. The van der Waals surface area contributed by atoms with Crippen LogP contribution >= 0.6 is 23.2 Å². The second kappa shape index (κ2) is 6.63. The van der Waals surface area contributed by atoms with E-state index in [1.165, 1.54) is 0 Å². The van der Waals surface area contributed by atoms with Crippen molar-refractivity contribution in [1.29, 1.82) is 0 Å². The van der Waals surface area contributed by atoms with Gasteiger partial charge in [0.05, 0.1) is 17.9 Å². The summed E-state index contributed by atoms with van der Waals surface area (Å²) in [6.45, 7) is 0. The zero-order valence-electron chi connectivity index (χ0n) is 12.8. The lowest BCUT2D eigenvalue weighted by Crippen LogP contribution is -1.99. The number of halogens is 2. The minimum atomic E-state index is 0.548. The third-order valence-corrected chi connectivity index (χ3v) is 4.01. The zero-order valence-corrected chi connectivity index (χ0v) is 14.3. The van der Waals surface area contributed by atoms with E-state index in [1.54, 1.807) is 30.6 Å². The first-order chi connectivity index (χ1) is 12.2. The molecule has 0 amide bonds. The van der Waals surface area contributed by atoms with E-state index in [1.807, 2.05) is 30.3 Å². The van der Waals surface area contributed by atoms with Crippen molar-refractivity contribution in [3.8, 4) is 11.4 Å². The molecule has 0 aliphatic heterocycles. The molecule has 0 aliphatic carbocycles. The molecule has 2 aromatic carbocycles. The molecule has 0 unspecified atom stereocenters. The zero-order chi connectivity index (χ0) is 17.2. The standard InChI is InChI=1S/C18H11Cl2N5/c19-12-7-13(20)9-14(8-12)23-18-15-3-1-2-4-16(15)24-17(25-18)11-5-6-21-22-10-11/h1-10H,(H,23,24,25). The number of nitrogens with one attached hydrogen (secondary N) is 1. The van der Waals surface area contributed by atoms with E-state index in [2.05, 4.69) is 25.5 Å². The van der Waals surface area contributed by atoms with Crippen LogP contribution in [0.4, 0.5) is 11.5 Å². The summed E-state index contributed by atoms with van der Waals surface area (Å²) in [5, 5.41) is 13.0. The van der Waals surface area contributed by atoms with Gasteiger partial charge in [0.15, 0.2) is 5.82 Å². The first kappa shape index (κ1) is 15.7. The highest BCUT2D eigenvalue weighted by Gasteiger charge is 2.10. The molecule has 0 atom stereocenters. The van der Waals surface area contributed by atoms with E-state index >= 15 is 0 Å². The molecule has 25 heavy (non-hydrogen) atoms. The summed E-state index contributed by atoms with van der Waals surface area (Å²) in [7, 11) is 0. The Morgan fingerprint density at radius 1 is 0.840 bits per heavy atom. The summed E-state index contributed by atoms with van der Waals surface area (Å²) in [6, 6.07) is 14.8. The van der Waals surface area contributed by atoms with Gasteiger partial charge in [-0.15, -0.1) is 0 Å². The second-order valence-corrected chi connectivity index (χ2v) is 6.20. The van der Waals surface area contributed by atoms with Crippen LogP contribution in [0.5, 0.6) is 0 Å². The van der Waals surface area contributed by atoms with E-state index in [4.69, 9.17) is 23.2 Å². The highest BCUT2D eigenvalue weighted by atomic mass is 35.5. The molecule has 7 heteroatoms. The summed E-state index contributed by atoms with van der Waals surface area (Å²) < 4.78 is 0. The molecule has 0 fully saturated rings. The maximum absolute atomic E-state index is 6.09. The Balaban J connectivity index is 1.86. The average Bonchev–Trinajstić information content (AvgIpc) is 2.61. The average molecular weight is 368 g/mol. The molecule has 1 N–H and O–H groups in total. The monoisotopic (exact) mass is 367 g/mol. The van der Waals surface area contributed by atoms with Crippen LogP contribution in [0.25, 0.3) is 22.3 Å². The normalized spacial score (nSPS) is 10.8. The fraction of sp³-hybridized carbons (Fsp3) is 0. The number of fused-ring (bicyclic) bond motifs is 1. The molecule has 2 heterocycles. The largest absolute Gasteiger partial charge is 0.340 e. The van der Waals surface area contributed by atoms with Crippen molar-refractivity contribution in [3.63, 3.8) is 0 Å². The van der Waals surface area contributed by atoms with Crippen molar-refractivity contribution >= 4 is 45.6 Å². The van der Waals surface area contributed by atoms with Crippen molar-refractivity contribution < 1.29 is 0 Å². The molecule has 0 bridgehead atoms. The molecule has 0 aliphatic rings. The maximum Gasteiger partial charge on any atom is 0.163 e. The van der Waals surface area contributed by atoms with Gasteiger partial charge in [0.2, 0.25) is 0 Å². The molecule has 0 spiro atoms. The Hall–Kier alpha value is -2.76. The maximum atomic E-state index is 6.09. The van der Waals surface area contributed by atoms with Crippen LogP contribution in [0.15, 0.2) is 60.9 Å². The van der Waals surface area contributed by atoms with Gasteiger partial charge in [0.25, 0.3) is 0 Å². The Kier molecular flexibility index (Phi) is 4.17. The van der Waals surface area contributed by atoms with Crippen LogP contribution in [-0.4, -0.2) is 20.2 Å². The lowest BCUT2D eigenvalue weighted by Gasteiger charge is -2.11. The van der Waals surface area contributed by atoms with Crippen molar-refractivity contribution in [2.24, 2.45) is 0 Å². The highest BCUT2D eigenvalue weighted by molar-refractivity contribution is 6.35. The highest BCUT2D eigenvalue weighted by Crippen LogP contribution is 2.29. The minimum Gasteiger partial charge on any atom is -0.340 e. The smallest absolute Gasteiger partial charge is 0.163 e. The summed E-state index contributed by atoms with van der Waals surface area (Å²) in [5.74, 6) is 1.22. The minimum absolute atomic E-state index is 0.548. The molecular weight excluding hydrogens is 357 g/mol. The Morgan fingerprint density at radius 3 is 2.40 bits per heavy atom. The van der Waals surface area contributed by atoms with E-state index in [-0.39, 0.29) is 0 Å². The molecule has 0 radical (unpaired) electrons. The van der Waals surface area contributed by atoms with Crippen LogP contribution in [0.2, 0.25) is 10.0 Å². The van der Waals surface area contributed by atoms with E-state index in [0.29, 0.717) is 21.7 Å². The molecular formula is C18H11Cl2N5. The van der Waals surface area contributed by atoms with Crippen LogP contribution in [0.3, 0.4) is 0 Å². The number of aromatic nitrogens is 4. The van der Waals surface area contributed by atoms with Gasteiger partial charge in [-0.05, 0) is 36.4 Å². The predicted molar refractivity (Wildman–Crippen MR) is 100 cm³/mol. The van der Waals surface area contributed by atoms with Gasteiger partial charge in [-0.1, -0.05) is 35.3 Å². The first-order valence-electron chi connectivity index (χ1n) is 7.46. The number of benzene rings is 2. The van der Waals surface area contributed by atoms with Crippen LogP contribution in [0.1, 0.15) is 0 Å². The Morgan fingerprint density at radius 2 is 1.64 bits per heavy atom. The SMILES string of the molecule is Clc1cc(Cl)cc(Nc2nc(-c3ccnnc3)nc3ccccc23)c1. The molecule has 0 saturated heterocycles. The summed E-state index contributed by atoms with van der Waals surface area (Å²) >= 11 is 12.2. The quantitative estimate of drug-likeness (QED) is 0.543. The number of hydrogen-bond donors (Lipinski definition) is 1. The number of para-hydroxylation sites is 1. The molecule has 4 aromatic rings. The van der Waals surface area contributed by atoms with Crippen molar-refractivity contribution in [2.75, 3.05) is 5.32 Å². The predicted octanol–water partition coefficient (Wildman–Crippen LogP) is 5.14. The summed E-state index contributed by atoms with van der Waals surface area (Å²) in [4.78, 5) is 9.26. The van der Waals surface area contributed by atoms with Crippen molar-refractivity contribution in [1.82, 2.24) is 20.2 Å². The molecule has 4 rings (SSSR count). The molecule has 2 aromatic heterocycles. The topological polar surface area (TPSA) is 63.6 Å². The van der Waals surface area contributed by atoms with E-state index in [0.717, 1.165) is 22.2 Å². The Bertz CT molecular complexity index is 1030.